The standard InChI is InChI=1S/C14H9BrCl2N2O/c15-11-3-1-2-9(6-11)14(20)19-18-8-10-4-5-12(16)7-13(10)17/h1-8H,(H,19,20). The van der Waals surface area contributed by atoms with Gasteiger partial charge >= 0.3 is 0 Å². The van der Waals surface area contributed by atoms with Gasteiger partial charge in [0.1, 0.15) is 0 Å². The third kappa shape index (κ3) is 4.07. The van der Waals surface area contributed by atoms with E-state index in [1.807, 2.05) is 6.07 Å². The first kappa shape index (κ1) is 15.0. The lowest BCUT2D eigenvalue weighted by Gasteiger charge is -2.01. The highest BCUT2D eigenvalue weighted by Crippen LogP contribution is 2.19. The molecule has 0 saturated carbocycles. The van der Waals surface area contributed by atoms with Gasteiger partial charge in [0.05, 0.1) is 11.2 Å². The van der Waals surface area contributed by atoms with Gasteiger partial charge in [0.2, 0.25) is 0 Å². The molecule has 3 nitrogen and oxygen atoms in total. The maximum atomic E-state index is 11.8. The van der Waals surface area contributed by atoms with Crippen LogP contribution in [0.4, 0.5) is 0 Å². The lowest BCUT2D eigenvalue weighted by Crippen LogP contribution is -2.17. The zero-order valence-corrected chi connectivity index (χ0v) is 13.2. The Kier molecular flexibility index (Phi) is 5.17. The van der Waals surface area contributed by atoms with E-state index in [9.17, 15) is 4.79 Å². The summed E-state index contributed by atoms with van der Waals surface area (Å²) in [5.41, 5.74) is 3.62. The highest BCUT2D eigenvalue weighted by molar-refractivity contribution is 9.10. The normalized spacial score (nSPS) is 10.8. The molecule has 102 valence electrons. The fourth-order valence-electron chi connectivity index (χ4n) is 1.46. The Morgan fingerprint density at radius 3 is 2.70 bits per heavy atom. The Hall–Kier alpha value is -1.36. The van der Waals surface area contributed by atoms with Crippen molar-refractivity contribution in [3.8, 4) is 0 Å². The minimum Gasteiger partial charge on any atom is -0.267 e. The van der Waals surface area contributed by atoms with Crippen LogP contribution in [-0.4, -0.2) is 12.1 Å². The minimum absolute atomic E-state index is 0.298. The summed E-state index contributed by atoms with van der Waals surface area (Å²) in [5.74, 6) is -0.298. The third-order valence-electron chi connectivity index (χ3n) is 2.42. The van der Waals surface area contributed by atoms with Gasteiger partial charge in [-0.1, -0.05) is 51.3 Å². The van der Waals surface area contributed by atoms with E-state index < -0.39 is 0 Å². The zero-order valence-electron chi connectivity index (χ0n) is 10.1. The fourth-order valence-corrected chi connectivity index (χ4v) is 2.32. The topological polar surface area (TPSA) is 41.5 Å². The van der Waals surface area contributed by atoms with Crippen LogP contribution < -0.4 is 5.43 Å². The first-order chi connectivity index (χ1) is 9.56. The number of carbonyl (C=O) groups excluding carboxylic acids is 1. The van der Waals surface area contributed by atoms with Crippen LogP contribution in [0.1, 0.15) is 15.9 Å². The van der Waals surface area contributed by atoms with Crippen LogP contribution in [0.15, 0.2) is 52.0 Å². The van der Waals surface area contributed by atoms with Crippen molar-refractivity contribution in [1.82, 2.24) is 5.43 Å². The van der Waals surface area contributed by atoms with Crippen molar-refractivity contribution in [2.75, 3.05) is 0 Å². The molecule has 0 aliphatic rings. The Bertz CT molecular complexity index is 674. The Morgan fingerprint density at radius 2 is 2.00 bits per heavy atom. The quantitative estimate of drug-likeness (QED) is 0.625. The summed E-state index contributed by atoms with van der Waals surface area (Å²) in [6, 6.07) is 12.1. The lowest BCUT2D eigenvalue weighted by atomic mass is 10.2. The highest BCUT2D eigenvalue weighted by atomic mass is 79.9. The monoisotopic (exact) mass is 370 g/mol. The maximum Gasteiger partial charge on any atom is 0.271 e. The van der Waals surface area contributed by atoms with Crippen molar-refractivity contribution in [1.29, 1.82) is 0 Å². The van der Waals surface area contributed by atoms with Crippen LogP contribution in [0.2, 0.25) is 10.0 Å². The molecule has 0 spiro atoms. The summed E-state index contributed by atoms with van der Waals surface area (Å²) in [6.07, 6.45) is 1.47. The number of amides is 1. The number of hydrogen-bond acceptors (Lipinski definition) is 2. The van der Waals surface area contributed by atoms with Crippen molar-refractivity contribution in [2.24, 2.45) is 5.10 Å². The van der Waals surface area contributed by atoms with Crippen LogP contribution in [0.3, 0.4) is 0 Å². The van der Waals surface area contributed by atoms with Gasteiger partial charge in [-0.05, 0) is 30.3 Å². The molecule has 2 aromatic carbocycles. The van der Waals surface area contributed by atoms with E-state index in [0.29, 0.717) is 21.2 Å². The van der Waals surface area contributed by atoms with Crippen LogP contribution in [0.5, 0.6) is 0 Å². The highest BCUT2D eigenvalue weighted by Gasteiger charge is 2.04. The second-order valence-electron chi connectivity index (χ2n) is 3.88. The first-order valence-electron chi connectivity index (χ1n) is 5.60. The molecule has 0 aliphatic heterocycles. The molecule has 0 aliphatic carbocycles. The molecule has 6 heteroatoms. The van der Waals surface area contributed by atoms with Gasteiger partial charge in [0.15, 0.2) is 0 Å². The second-order valence-corrected chi connectivity index (χ2v) is 5.63. The van der Waals surface area contributed by atoms with Gasteiger partial charge in [-0.15, -0.1) is 0 Å². The number of nitrogens with zero attached hydrogens (tertiary/aromatic N) is 1. The van der Waals surface area contributed by atoms with E-state index in [1.54, 1.807) is 36.4 Å². The van der Waals surface area contributed by atoms with Crippen LogP contribution in [0, 0.1) is 0 Å². The molecule has 2 aromatic rings. The SMILES string of the molecule is O=C(NN=Cc1ccc(Cl)cc1Cl)c1cccc(Br)c1. The molecular formula is C14H9BrCl2N2O. The first-order valence-corrected chi connectivity index (χ1v) is 7.15. The van der Waals surface area contributed by atoms with Crippen molar-refractivity contribution in [3.63, 3.8) is 0 Å². The van der Waals surface area contributed by atoms with E-state index in [2.05, 4.69) is 26.5 Å². The number of hydrazone groups is 1. The molecule has 20 heavy (non-hydrogen) atoms. The number of hydrogen-bond donors (Lipinski definition) is 1. The molecule has 1 N–H and O–H groups in total. The summed E-state index contributed by atoms with van der Waals surface area (Å²) < 4.78 is 0.829. The predicted octanol–water partition coefficient (Wildman–Crippen LogP) is 4.52. The summed E-state index contributed by atoms with van der Waals surface area (Å²) in [5, 5.41) is 4.89. The molecule has 0 aromatic heterocycles. The van der Waals surface area contributed by atoms with E-state index in [1.165, 1.54) is 6.21 Å². The number of benzene rings is 2. The predicted molar refractivity (Wildman–Crippen MR) is 85.7 cm³/mol. The van der Waals surface area contributed by atoms with Gasteiger partial charge < -0.3 is 0 Å². The summed E-state index contributed by atoms with van der Waals surface area (Å²) in [7, 11) is 0. The second kappa shape index (κ2) is 6.88. The van der Waals surface area contributed by atoms with Gasteiger partial charge in [0.25, 0.3) is 5.91 Å². The maximum absolute atomic E-state index is 11.8. The smallest absolute Gasteiger partial charge is 0.267 e. The van der Waals surface area contributed by atoms with Crippen LogP contribution in [0.25, 0.3) is 0 Å². The van der Waals surface area contributed by atoms with E-state index in [0.717, 1.165) is 4.47 Å². The number of nitrogens with one attached hydrogen (secondary N) is 1. The molecule has 1 amide bonds. The van der Waals surface area contributed by atoms with Gasteiger partial charge in [0, 0.05) is 20.6 Å². The molecule has 0 fully saturated rings. The van der Waals surface area contributed by atoms with Gasteiger partial charge in [-0.25, -0.2) is 5.43 Å². The number of halogens is 3. The lowest BCUT2D eigenvalue weighted by molar-refractivity contribution is 0.0955. The fraction of sp³-hybridized carbons (Fsp3) is 0. The molecule has 2 rings (SSSR count). The Labute approximate surface area is 134 Å². The average molecular weight is 372 g/mol. The van der Waals surface area contributed by atoms with Crippen LogP contribution >= 0.6 is 39.1 Å². The molecule has 0 heterocycles. The van der Waals surface area contributed by atoms with Crippen LogP contribution in [-0.2, 0) is 0 Å². The largest absolute Gasteiger partial charge is 0.271 e. The summed E-state index contributed by atoms with van der Waals surface area (Å²) in [4.78, 5) is 11.8. The molecular weight excluding hydrogens is 363 g/mol. The van der Waals surface area contributed by atoms with Gasteiger partial charge in [-0.3, -0.25) is 4.79 Å². The molecule has 0 unspecified atom stereocenters. The van der Waals surface area contributed by atoms with Gasteiger partial charge in [-0.2, -0.15) is 5.10 Å². The summed E-state index contributed by atoms with van der Waals surface area (Å²) >= 11 is 15.1. The zero-order chi connectivity index (χ0) is 14.5. The number of rotatable bonds is 3. The van der Waals surface area contributed by atoms with Crippen molar-refractivity contribution in [3.05, 3.63) is 68.1 Å². The van der Waals surface area contributed by atoms with E-state index in [4.69, 9.17) is 23.2 Å². The molecule has 0 radical (unpaired) electrons. The summed E-state index contributed by atoms with van der Waals surface area (Å²) in [6.45, 7) is 0. The molecule has 0 bridgehead atoms. The number of carbonyl (C=O) groups is 1. The molecule has 0 saturated heterocycles. The minimum atomic E-state index is -0.298. The van der Waals surface area contributed by atoms with E-state index in [-0.39, 0.29) is 5.91 Å². The third-order valence-corrected chi connectivity index (χ3v) is 3.47. The van der Waals surface area contributed by atoms with Crippen molar-refractivity contribution < 1.29 is 4.79 Å². The Balaban J connectivity index is 2.04. The Morgan fingerprint density at radius 1 is 1.20 bits per heavy atom. The van der Waals surface area contributed by atoms with Crippen molar-refractivity contribution >= 4 is 51.3 Å². The average Bonchev–Trinajstić information content (AvgIpc) is 2.41. The van der Waals surface area contributed by atoms with E-state index >= 15 is 0 Å². The molecule has 0 atom stereocenters. The van der Waals surface area contributed by atoms with Crippen molar-refractivity contribution in [2.45, 2.75) is 0 Å².